The van der Waals surface area contributed by atoms with E-state index >= 15 is 0 Å². The van der Waals surface area contributed by atoms with Crippen LogP contribution in [0, 0.1) is 0 Å². The first-order valence-electron chi connectivity index (χ1n) is 9.17. The second-order valence-corrected chi connectivity index (χ2v) is 7.00. The van der Waals surface area contributed by atoms with E-state index in [1.807, 2.05) is 23.0 Å². The van der Waals surface area contributed by atoms with Gasteiger partial charge in [-0.25, -0.2) is 9.97 Å². The zero-order valence-corrected chi connectivity index (χ0v) is 15.2. The molecule has 1 fully saturated rings. The van der Waals surface area contributed by atoms with Gasteiger partial charge in [-0.1, -0.05) is 12.1 Å². The molecule has 0 saturated carbocycles. The molecular weight excluding hydrogens is 338 g/mol. The Balaban J connectivity index is 1.42. The number of hydrogen-bond donors (Lipinski definition) is 0. The van der Waals surface area contributed by atoms with E-state index in [4.69, 9.17) is 4.42 Å². The number of furan rings is 1. The van der Waals surface area contributed by atoms with Crippen LogP contribution in [0.4, 0.5) is 5.69 Å². The molecule has 6 heteroatoms. The highest BCUT2D eigenvalue weighted by Crippen LogP contribution is 2.29. The standard InChI is InChI=1S/C21H21N5O/c1-24-8-10-25(11-9-24)18-4-2-16(3-5-18)17-12-20-21(23-13-17)19(14-27-20)26-7-6-22-15-26/h2-7,12-15H,8-11H2,1H3. The van der Waals surface area contributed by atoms with Crippen molar-refractivity contribution in [1.82, 2.24) is 19.4 Å². The third-order valence-electron chi connectivity index (χ3n) is 5.24. The Morgan fingerprint density at radius 3 is 2.56 bits per heavy atom. The minimum Gasteiger partial charge on any atom is -0.460 e. The molecule has 4 aromatic rings. The van der Waals surface area contributed by atoms with E-state index in [2.05, 4.69) is 51.1 Å². The molecule has 0 aliphatic carbocycles. The quantitative estimate of drug-likeness (QED) is 0.561. The maximum absolute atomic E-state index is 5.74. The van der Waals surface area contributed by atoms with Crippen molar-refractivity contribution < 1.29 is 4.42 Å². The van der Waals surface area contributed by atoms with Gasteiger partial charge in [0.05, 0.1) is 6.33 Å². The Morgan fingerprint density at radius 1 is 1.00 bits per heavy atom. The highest BCUT2D eigenvalue weighted by molar-refractivity contribution is 5.85. The molecule has 0 spiro atoms. The second kappa shape index (κ2) is 6.55. The van der Waals surface area contributed by atoms with Crippen LogP contribution in [0.25, 0.3) is 27.9 Å². The Bertz CT molecular complexity index is 1040. The molecule has 0 bridgehead atoms. The fourth-order valence-corrected chi connectivity index (χ4v) is 3.57. The Morgan fingerprint density at radius 2 is 1.81 bits per heavy atom. The van der Waals surface area contributed by atoms with E-state index in [1.165, 1.54) is 5.69 Å². The van der Waals surface area contributed by atoms with Crippen LogP contribution < -0.4 is 4.90 Å². The minimum atomic E-state index is 0.777. The molecule has 6 nitrogen and oxygen atoms in total. The maximum atomic E-state index is 5.74. The van der Waals surface area contributed by atoms with Crippen molar-refractivity contribution in [3.05, 3.63) is 61.5 Å². The third-order valence-corrected chi connectivity index (χ3v) is 5.24. The van der Waals surface area contributed by atoms with Crippen LogP contribution in [0.1, 0.15) is 0 Å². The number of pyridine rings is 1. The summed E-state index contributed by atoms with van der Waals surface area (Å²) in [5.41, 5.74) is 5.99. The van der Waals surface area contributed by atoms with Crippen LogP contribution in [-0.2, 0) is 0 Å². The molecule has 5 rings (SSSR count). The van der Waals surface area contributed by atoms with Gasteiger partial charge in [-0.2, -0.15) is 0 Å². The largest absolute Gasteiger partial charge is 0.460 e. The number of likely N-dealkylation sites (N-methyl/N-ethyl adjacent to an activating group) is 1. The predicted molar refractivity (Wildman–Crippen MR) is 106 cm³/mol. The summed E-state index contributed by atoms with van der Waals surface area (Å²) in [6, 6.07) is 10.8. The molecule has 1 saturated heterocycles. The highest BCUT2D eigenvalue weighted by atomic mass is 16.3. The van der Waals surface area contributed by atoms with Crippen LogP contribution >= 0.6 is 0 Å². The van der Waals surface area contributed by atoms with Gasteiger partial charge in [0.2, 0.25) is 0 Å². The minimum absolute atomic E-state index is 0.777. The molecule has 3 aromatic heterocycles. The molecule has 4 heterocycles. The lowest BCUT2D eigenvalue weighted by Crippen LogP contribution is -2.44. The predicted octanol–water partition coefficient (Wildman–Crippen LogP) is 3.43. The molecule has 27 heavy (non-hydrogen) atoms. The number of anilines is 1. The second-order valence-electron chi connectivity index (χ2n) is 7.00. The van der Waals surface area contributed by atoms with Crippen molar-refractivity contribution in [2.45, 2.75) is 0 Å². The zero-order chi connectivity index (χ0) is 18.2. The van der Waals surface area contributed by atoms with Crippen molar-refractivity contribution in [3.63, 3.8) is 0 Å². The van der Waals surface area contributed by atoms with E-state index in [0.29, 0.717) is 0 Å². The van der Waals surface area contributed by atoms with Crippen LogP contribution in [0.15, 0.2) is 65.9 Å². The van der Waals surface area contributed by atoms with E-state index < -0.39 is 0 Å². The number of piperazine rings is 1. The first kappa shape index (κ1) is 16.1. The summed E-state index contributed by atoms with van der Waals surface area (Å²) in [6.45, 7) is 4.37. The number of aromatic nitrogens is 3. The normalized spacial score (nSPS) is 15.5. The van der Waals surface area contributed by atoms with Gasteiger partial charge in [-0.3, -0.25) is 0 Å². The monoisotopic (exact) mass is 359 g/mol. The number of fused-ring (bicyclic) bond motifs is 1. The smallest absolute Gasteiger partial charge is 0.155 e. The Kier molecular flexibility index (Phi) is 3.90. The van der Waals surface area contributed by atoms with Gasteiger partial charge in [0.1, 0.15) is 17.5 Å². The van der Waals surface area contributed by atoms with Crippen LogP contribution in [0.3, 0.4) is 0 Å². The first-order valence-corrected chi connectivity index (χ1v) is 9.17. The lowest BCUT2D eigenvalue weighted by Gasteiger charge is -2.34. The van der Waals surface area contributed by atoms with Crippen molar-refractivity contribution in [3.8, 4) is 16.8 Å². The first-order chi connectivity index (χ1) is 13.3. The van der Waals surface area contributed by atoms with Crippen LogP contribution in [0.2, 0.25) is 0 Å². The number of imidazole rings is 1. The maximum Gasteiger partial charge on any atom is 0.155 e. The molecule has 0 radical (unpaired) electrons. The Hall–Kier alpha value is -3.12. The summed E-state index contributed by atoms with van der Waals surface area (Å²) in [5.74, 6) is 0. The van der Waals surface area contributed by atoms with E-state index in [-0.39, 0.29) is 0 Å². The lowest BCUT2D eigenvalue weighted by molar-refractivity contribution is 0.313. The Labute approximate surface area is 157 Å². The molecular formula is C21H21N5O. The fraction of sp³-hybridized carbons (Fsp3) is 0.238. The fourth-order valence-electron chi connectivity index (χ4n) is 3.57. The average Bonchev–Trinajstić information content (AvgIpc) is 3.38. The summed E-state index contributed by atoms with van der Waals surface area (Å²) in [7, 11) is 2.18. The van der Waals surface area contributed by atoms with E-state index in [0.717, 1.165) is 54.1 Å². The highest BCUT2D eigenvalue weighted by Gasteiger charge is 2.15. The van der Waals surface area contributed by atoms with Crippen molar-refractivity contribution in [2.75, 3.05) is 38.1 Å². The molecule has 1 aliphatic rings. The topological polar surface area (TPSA) is 50.3 Å². The molecule has 0 atom stereocenters. The van der Waals surface area contributed by atoms with Crippen LogP contribution in [0.5, 0.6) is 0 Å². The van der Waals surface area contributed by atoms with Crippen LogP contribution in [-0.4, -0.2) is 52.7 Å². The van der Waals surface area contributed by atoms with Gasteiger partial charge in [0, 0.05) is 56.0 Å². The summed E-state index contributed by atoms with van der Waals surface area (Å²) in [4.78, 5) is 13.5. The molecule has 0 unspecified atom stereocenters. The van der Waals surface area contributed by atoms with Gasteiger partial charge in [-0.15, -0.1) is 0 Å². The van der Waals surface area contributed by atoms with E-state index in [1.54, 1.807) is 18.8 Å². The summed E-state index contributed by atoms with van der Waals surface area (Å²) in [5, 5.41) is 0. The number of rotatable bonds is 3. The molecule has 136 valence electrons. The molecule has 0 amide bonds. The zero-order valence-electron chi connectivity index (χ0n) is 15.2. The van der Waals surface area contributed by atoms with E-state index in [9.17, 15) is 0 Å². The molecule has 1 aromatic carbocycles. The van der Waals surface area contributed by atoms with Gasteiger partial charge < -0.3 is 18.8 Å². The number of nitrogens with zero attached hydrogens (tertiary/aromatic N) is 5. The number of benzene rings is 1. The summed E-state index contributed by atoms with van der Waals surface area (Å²) >= 11 is 0. The molecule has 0 N–H and O–H groups in total. The van der Waals surface area contributed by atoms with Crippen molar-refractivity contribution in [1.29, 1.82) is 0 Å². The third kappa shape index (κ3) is 2.98. The average molecular weight is 359 g/mol. The van der Waals surface area contributed by atoms with Gasteiger partial charge in [-0.05, 0) is 30.8 Å². The van der Waals surface area contributed by atoms with Gasteiger partial charge in [0.25, 0.3) is 0 Å². The number of hydrogen-bond acceptors (Lipinski definition) is 5. The van der Waals surface area contributed by atoms with Gasteiger partial charge in [0.15, 0.2) is 5.58 Å². The summed E-state index contributed by atoms with van der Waals surface area (Å²) < 4.78 is 7.65. The SMILES string of the molecule is CN1CCN(c2ccc(-c3cnc4c(-n5ccnc5)coc4c3)cc2)CC1. The van der Waals surface area contributed by atoms with Crippen molar-refractivity contribution >= 4 is 16.8 Å². The van der Waals surface area contributed by atoms with Gasteiger partial charge >= 0.3 is 0 Å². The lowest BCUT2D eigenvalue weighted by atomic mass is 10.1. The summed E-state index contributed by atoms with van der Waals surface area (Å²) in [6.07, 6.45) is 9.01. The van der Waals surface area contributed by atoms with Crippen molar-refractivity contribution in [2.24, 2.45) is 0 Å². The molecule has 1 aliphatic heterocycles.